The third-order valence-electron chi connectivity index (χ3n) is 1.88. The lowest BCUT2D eigenvalue weighted by Crippen LogP contribution is -2.23. The van der Waals surface area contributed by atoms with E-state index in [0.29, 0.717) is 26.0 Å². The number of amides is 1. The molecular formula is C11H16N2O2. The summed E-state index contributed by atoms with van der Waals surface area (Å²) in [5.74, 6) is -0.128. The van der Waals surface area contributed by atoms with E-state index in [0.717, 1.165) is 5.56 Å². The van der Waals surface area contributed by atoms with Gasteiger partial charge in [-0.05, 0) is 18.5 Å². The van der Waals surface area contributed by atoms with E-state index < -0.39 is 0 Å². The molecule has 1 aromatic carbocycles. The van der Waals surface area contributed by atoms with Gasteiger partial charge in [-0.1, -0.05) is 30.3 Å². The van der Waals surface area contributed by atoms with Crippen LogP contribution in [0.25, 0.3) is 0 Å². The Morgan fingerprint density at radius 2 is 2.07 bits per heavy atom. The van der Waals surface area contributed by atoms with Crippen molar-refractivity contribution in [2.24, 2.45) is 5.73 Å². The number of nitrogens with two attached hydrogens (primary N) is 1. The molecule has 0 saturated heterocycles. The molecule has 3 N–H and O–H groups in total. The van der Waals surface area contributed by atoms with E-state index in [2.05, 4.69) is 5.48 Å². The highest BCUT2D eigenvalue weighted by Crippen LogP contribution is 1.99. The number of rotatable bonds is 6. The lowest BCUT2D eigenvalue weighted by molar-refractivity contribution is -0.134. The van der Waals surface area contributed by atoms with E-state index in [-0.39, 0.29) is 5.91 Å². The average Bonchev–Trinajstić information content (AvgIpc) is 2.28. The summed E-state index contributed by atoms with van der Waals surface area (Å²) in [5.41, 5.74) is 8.67. The van der Waals surface area contributed by atoms with Crippen LogP contribution in [0.15, 0.2) is 30.3 Å². The van der Waals surface area contributed by atoms with Crippen LogP contribution < -0.4 is 11.2 Å². The fraction of sp³-hybridized carbons (Fsp3) is 0.364. The maximum absolute atomic E-state index is 11.1. The fourth-order valence-corrected chi connectivity index (χ4v) is 1.09. The van der Waals surface area contributed by atoms with Crippen molar-refractivity contribution >= 4 is 5.91 Å². The molecule has 0 aliphatic heterocycles. The lowest BCUT2D eigenvalue weighted by Gasteiger charge is -2.05. The van der Waals surface area contributed by atoms with Crippen LogP contribution in [0.5, 0.6) is 0 Å². The summed E-state index contributed by atoms with van der Waals surface area (Å²) in [7, 11) is 0. The first kappa shape index (κ1) is 11.7. The minimum absolute atomic E-state index is 0.128. The Labute approximate surface area is 89.4 Å². The van der Waals surface area contributed by atoms with E-state index in [1.807, 2.05) is 30.3 Å². The van der Waals surface area contributed by atoms with Crippen LogP contribution in [0, 0.1) is 0 Å². The number of benzene rings is 1. The van der Waals surface area contributed by atoms with Gasteiger partial charge in [0.1, 0.15) is 0 Å². The molecule has 0 aliphatic rings. The fourth-order valence-electron chi connectivity index (χ4n) is 1.09. The average molecular weight is 208 g/mol. The Morgan fingerprint density at radius 3 is 2.73 bits per heavy atom. The Hall–Kier alpha value is -1.39. The van der Waals surface area contributed by atoms with Crippen molar-refractivity contribution in [2.75, 3.05) is 6.54 Å². The summed E-state index contributed by atoms with van der Waals surface area (Å²) in [6, 6.07) is 9.66. The van der Waals surface area contributed by atoms with Gasteiger partial charge in [0.2, 0.25) is 5.91 Å². The molecule has 0 bridgehead atoms. The highest BCUT2D eigenvalue weighted by Gasteiger charge is 1.99. The predicted molar refractivity (Wildman–Crippen MR) is 57.7 cm³/mol. The molecule has 0 aromatic heterocycles. The van der Waals surface area contributed by atoms with Crippen molar-refractivity contribution in [3.8, 4) is 0 Å². The predicted octanol–water partition coefficient (Wildman–Crippen LogP) is 0.973. The molecule has 0 aliphatic carbocycles. The van der Waals surface area contributed by atoms with Gasteiger partial charge in [-0.3, -0.25) is 9.63 Å². The summed E-state index contributed by atoms with van der Waals surface area (Å²) in [6.45, 7) is 0.904. The number of carbonyl (C=O) groups is 1. The van der Waals surface area contributed by atoms with Crippen LogP contribution in [0.1, 0.15) is 18.4 Å². The third-order valence-corrected chi connectivity index (χ3v) is 1.88. The Kier molecular flexibility index (Phi) is 5.43. The summed E-state index contributed by atoms with van der Waals surface area (Å²) in [4.78, 5) is 16.1. The second kappa shape index (κ2) is 6.98. The van der Waals surface area contributed by atoms with Crippen LogP contribution in [-0.2, 0) is 16.2 Å². The maximum Gasteiger partial charge on any atom is 0.243 e. The molecule has 1 aromatic rings. The number of carbonyl (C=O) groups excluding carboxylic acids is 1. The van der Waals surface area contributed by atoms with Gasteiger partial charge < -0.3 is 5.73 Å². The molecular weight excluding hydrogens is 192 g/mol. The van der Waals surface area contributed by atoms with Crippen molar-refractivity contribution in [1.82, 2.24) is 5.48 Å². The van der Waals surface area contributed by atoms with Crippen LogP contribution in [0.3, 0.4) is 0 Å². The third kappa shape index (κ3) is 5.15. The van der Waals surface area contributed by atoms with Crippen LogP contribution in [0.4, 0.5) is 0 Å². The summed E-state index contributed by atoms with van der Waals surface area (Å²) < 4.78 is 0. The van der Waals surface area contributed by atoms with Gasteiger partial charge in [0, 0.05) is 6.42 Å². The summed E-state index contributed by atoms with van der Waals surface area (Å²) in [6.07, 6.45) is 1.09. The largest absolute Gasteiger partial charge is 0.330 e. The molecule has 0 atom stereocenters. The second-order valence-corrected chi connectivity index (χ2v) is 3.19. The molecule has 0 saturated carbocycles. The molecule has 0 heterocycles. The van der Waals surface area contributed by atoms with Gasteiger partial charge in [0.15, 0.2) is 0 Å². The van der Waals surface area contributed by atoms with Crippen LogP contribution in [-0.4, -0.2) is 12.5 Å². The normalized spacial score (nSPS) is 9.93. The highest BCUT2D eigenvalue weighted by atomic mass is 16.6. The molecule has 0 unspecified atom stereocenters. The maximum atomic E-state index is 11.1. The topological polar surface area (TPSA) is 64.4 Å². The van der Waals surface area contributed by atoms with E-state index in [9.17, 15) is 4.79 Å². The number of hydroxylamine groups is 1. The molecule has 1 amide bonds. The number of hydrogen-bond acceptors (Lipinski definition) is 3. The van der Waals surface area contributed by atoms with Gasteiger partial charge in [-0.25, -0.2) is 5.48 Å². The molecule has 82 valence electrons. The molecule has 0 radical (unpaired) electrons. The Morgan fingerprint density at radius 1 is 1.33 bits per heavy atom. The molecule has 4 nitrogen and oxygen atoms in total. The van der Waals surface area contributed by atoms with Gasteiger partial charge in [-0.2, -0.15) is 0 Å². The SMILES string of the molecule is NCCCC(=O)NOCc1ccccc1. The highest BCUT2D eigenvalue weighted by molar-refractivity contribution is 5.74. The first-order chi connectivity index (χ1) is 7.33. The van der Waals surface area contributed by atoms with Gasteiger partial charge >= 0.3 is 0 Å². The number of hydrogen-bond donors (Lipinski definition) is 2. The Bertz CT molecular complexity index is 288. The summed E-state index contributed by atoms with van der Waals surface area (Å²) in [5, 5.41) is 0. The van der Waals surface area contributed by atoms with Crippen molar-refractivity contribution in [3.05, 3.63) is 35.9 Å². The Balaban J connectivity index is 2.14. The van der Waals surface area contributed by atoms with Crippen molar-refractivity contribution < 1.29 is 9.63 Å². The molecule has 1 rings (SSSR count). The second-order valence-electron chi connectivity index (χ2n) is 3.19. The smallest absolute Gasteiger partial charge is 0.243 e. The van der Waals surface area contributed by atoms with Crippen molar-refractivity contribution in [2.45, 2.75) is 19.4 Å². The van der Waals surface area contributed by atoms with E-state index in [1.54, 1.807) is 0 Å². The van der Waals surface area contributed by atoms with Crippen molar-refractivity contribution in [1.29, 1.82) is 0 Å². The lowest BCUT2D eigenvalue weighted by atomic mass is 10.2. The first-order valence-electron chi connectivity index (χ1n) is 4.97. The van der Waals surface area contributed by atoms with E-state index in [4.69, 9.17) is 10.6 Å². The molecule has 15 heavy (non-hydrogen) atoms. The van der Waals surface area contributed by atoms with Crippen molar-refractivity contribution in [3.63, 3.8) is 0 Å². The zero-order valence-corrected chi connectivity index (χ0v) is 8.61. The van der Waals surface area contributed by atoms with Gasteiger partial charge in [0.25, 0.3) is 0 Å². The molecule has 0 spiro atoms. The molecule has 4 heteroatoms. The van der Waals surface area contributed by atoms with Crippen LogP contribution >= 0.6 is 0 Å². The summed E-state index contributed by atoms with van der Waals surface area (Å²) >= 11 is 0. The van der Waals surface area contributed by atoms with Crippen LogP contribution in [0.2, 0.25) is 0 Å². The van der Waals surface area contributed by atoms with E-state index >= 15 is 0 Å². The number of nitrogens with one attached hydrogen (secondary N) is 1. The molecule has 0 fully saturated rings. The zero-order chi connectivity index (χ0) is 10.9. The minimum atomic E-state index is -0.128. The standard InChI is InChI=1S/C11H16N2O2/c12-8-4-7-11(14)13-15-9-10-5-2-1-3-6-10/h1-3,5-6H,4,7-9,12H2,(H,13,14). The monoisotopic (exact) mass is 208 g/mol. The minimum Gasteiger partial charge on any atom is -0.330 e. The zero-order valence-electron chi connectivity index (χ0n) is 8.61. The van der Waals surface area contributed by atoms with Gasteiger partial charge in [-0.15, -0.1) is 0 Å². The van der Waals surface area contributed by atoms with E-state index in [1.165, 1.54) is 0 Å². The van der Waals surface area contributed by atoms with Gasteiger partial charge in [0.05, 0.1) is 6.61 Å². The quantitative estimate of drug-likeness (QED) is 0.685. The first-order valence-corrected chi connectivity index (χ1v) is 4.97.